The van der Waals surface area contributed by atoms with Crippen LogP contribution in [0, 0.1) is 5.92 Å². The lowest BCUT2D eigenvalue weighted by Gasteiger charge is -2.12. The molecule has 0 unspecified atom stereocenters. The van der Waals surface area contributed by atoms with Crippen LogP contribution in [0.25, 0.3) is 0 Å². The van der Waals surface area contributed by atoms with Crippen molar-refractivity contribution in [2.45, 2.75) is 32.4 Å². The number of nitrogens with zero attached hydrogens (tertiary/aromatic N) is 1. The van der Waals surface area contributed by atoms with Crippen LogP contribution in [0.3, 0.4) is 0 Å². The molecule has 7 heteroatoms. The molecule has 0 aliphatic carbocycles. The van der Waals surface area contributed by atoms with Gasteiger partial charge in [-0.05, 0) is 12.3 Å². The molecular formula is C12H19N3O3S. The monoisotopic (exact) mass is 285 g/mol. The van der Waals surface area contributed by atoms with Crippen molar-refractivity contribution in [1.82, 2.24) is 15.5 Å². The van der Waals surface area contributed by atoms with Crippen LogP contribution in [0.1, 0.15) is 42.0 Å². The average molecular weight is 285 g/mol. The Morgan fingerprint density at radius 3 is 2.89 bits per heavy atom. The molecule has 106 valence electrons. The second-order valence-electron chi connectivity index (χ2n) is 5.31. The molecule has 2 N–H and O–H groups in total. The Morgan fingerprint density at radius 2 is 2.21 bits per heavy atom. The summed E-state index contributed by atoms with van der Waals surface area (Å²) >= 11 is 0. The summed E-state index contributed by atoms with van der Waals surface area (Å²) in [7, 11) is -3.10. The van der Waals surface area contributed by atoms with E-state index in [1.807, 2.05) is 0 Å². The van der Waals surface area contributed by atoms with Gasteiger partial charge in [0.1, 0.15) is 0 Å². The van der Waals surface area contributed by atoms with Gasteiger partial charge in [-0.25, -0.2) is 8.42 Å². The summed E-state index contributed by atoms with van der Waals surface area (Å²) in [6, 6.07) is 0. The molecule has 2 heterocycles. The Labute approximate surface area is 112 Å². The third-order valence-electron chi connectivity index (χ3n) is 3.20. The maximum atomic E-state index is 12.0. The molecule has 1 aromatic heterocycles. The first-order chi connectivity index (χ1) is 8.89. The van der Waals surface area contributed by atoms with Crippen molar-refractivity contribution < 1.29 is 13.2 Å². The van der Waals surface area contributed by atoms with E-state index in [1.54, 1.807) is 0 Å². The van der Waals surface area contributed by atoms with Crippen LogP contribution >= 0.6 is 0 Å². The highest BCUT2D eigenvalue weighted by molar-refractivity contribution is 7.90. The van der Waals surface area contributed by atoms with Crippen molar-refractivity contribution in [3.63, 3.8) is 0 Å². The number of amides is 1. The average Bonchev–Trinajstić information content (AvgIpc) is 2.69. The zero-order chi connectivity index (χ0) is 14.0. The molecule has 1 aliphatic heterocycles. The molecule has 19 heavy (non-hydrogen) atoms. The van der Waals surface area contributed by atoms with Crippen LogP contribution in [0.15, 0.2) is 0 Å². The van der Waals surface area contributed by atoms with Crippen LogP contribution in [0.4, 0.5) is 0 Å². The first-order valence-corrected chi connectivity index (χ1v) is 8.26. The summed E-state index contributed by atoms with van der Waals surface area (Å²) < 4.78 is 23.2. The molecule has 0 fully saturated rings. The largest absolute Gasteiger partial charge is 0.351 e. The smallest absolute Gasteiger partial charge is 0.272 e. The third kappa shape index (κ3) is 3.34. The minimum Gasteiger partial charge on any atom is -0.351 e. The SMILES string of the molecule is CC(C)CCNC(=O)c1n[nH]c2c1CS(=O)(=O)CC2. The van der Waals surface area contributed by atoms with Crippen molar-refractivity contribution >= 4 is 15.7 Å². The number of fused-ring (bicyclic) bond motifs is 1. The topological polar surface area (TPSA) is 91.9 Å². The Hall–Kier alpha value is -1.37. The molecule has 0 saturated carbocycles. The van der Waals surface area contributed by atoms with Crippen molar-refractivity contribution in [2.24, 2.45) is 5.92 Å². The number of rotatable bonds is 4. The van der Waals surface area contributed by atoms with Crippen LogP contribution in [0.5, 0.6) is 0 Å². The Balaban J connectivity index is 2.10. The molecule has 0 atom stereocenters. The Bertz CT molecular complexity index is 575. The van der Waals surface area contributed by atoms with E-state index in [4.69, 9.17) is 0 Å². The predicted octanol–water partition coefficient (Wildman–Crippen LogP) is 0.656. The molecule has 1 amide bonds. The van der Waals surface area contributed by atoms with Gasteiger partial charge in [-0.2, -0.15) is 5.10 Å². The van der Waals surface area contributed by atoms with E-state index in [-0.39, 0.29) is 23.1 Å². The molecule has 2 rings (SSSR count). The highest BCUT2D eigenvalue weighted by Gasteiger charge is 2.28. The number of H-pyrrole nitrogens is 1. The molecule has 0 radical (unpaired) electrons. The number of hydrogen-bond acceptors (Lipinski definition) is 4. The van der Waals surface area contributed by atoms with Gasteiger partial charge in [0.05, 0.1) is 11.5 Å². The minimum absolute atomic E-state index is 0.0915. The minimum atomic E-state index is -3.10. The first kappa shape index (κ1) is 14.0. The van der Waals surface area contributed by atoms with Gasteiger partial charge in [0.25, 0.3) is 5.91 Å². The van der Waals surface area contributed by atoms with Crippen LogP contribution in [-0.4, -0.2) is 36.8 Å². The van der Waals surface area contributed by atoms with Crippen molar-refractivity contribution in [3.05, 3.63) is 17.0 Å². The van der Waals surface area contributed by atoms with Crippen molar-refractivity contribution in [3.8, 4) is 0 Å². The lowest BCUT2D eigenvalue weighted by molar-refractivity contribution is 0.0946. The fraction of sp³-hybridized carbons (Fsp3) is 0.667. The standard InChI is InChI=1S/C12H19N3O3S/c1-8(2)3-5-13-12(16)11-9-7-19(17,18)6-4-10(9)14-15-11/h8H,3-7H2,1-2H3,(H,13,16)(H,14,15). The summed E-state index contributed by atoms with van der Waals surface area (Å²) in [6.45, 7) is 4.73. The zero-order valence-electron chi connectivity index (χ0n) is 11.2. The van der Waals surface area contributed by atoms with E-state index < -0.39 is 9.84 Å². The van der Waals surface area contributed by atoms with Gasteiger partial charge in [-0.1, -0.05) is 13.8 Å². The highest BCUT2D eigenvalue weighted by Crippen LogP contribution is 2.21. The van der Waals surface area contributed by atoms with Crippen LogP contribution in [-0.2, 0) is 22.0 Å². The van der Waals surface area contributed by atoms with E-state index in [9.17, 15) is 13.2 Å². The summed E-state index contributed by atoms with van der Waals surface area (Å²) in [4.78, 5) is 12.0. The number of aromatic amines is 1. The van der Waals surface area contributed by atoms with Gasteiger partial charge in [0.2, 0.25) is 0 Å². The van der Waals surface area contributed by atoms with E-state index in [0.29, 0.717) is 24.4 Å². The van der Waals surface area contributed by atoms with Crippen LogP contribution in [0.2, 0.25) is 0 Å². The fourth-order valence-corrected chi connectivity index (χ4v) is 3.47. The number of aryl methyl sites for hydroxylation is 1. The van der Waals surface area contributed by atoms with E-state index in [1.165, 1.54) is 0 Å². The maximum Gasteiger partial charge on any atom is 0.272 e. The number of carbonyl (C=O) groups excluding carboxylic acids is 1. The van der Waals surface area contributed by atoms with Gasteiger partial charge < -0.3 is 5.32 Å². The lowest BCUT2D eigenvalue weighted by atomic mass is 10.1. The van der Waals surface area contributed by atoms with Crippen LogP contribution < -0.4 is 5.32 Å². The summed E-state index contributed by atoms with van der Waals surface area (Å²) in [5.41, 5.74) is 1.53. The molecule has 1 aromatic rings. The summed E-state index contributed by atoms with van der Waals surface area (Å²) in [5.74, 6) is 0.242. The Morgan fingerprint density at radius 1 is 1.47 bits per heavy atom. The first-order valence-electron chi connectivity index (χ1n) is 6.44. The fourth-order valence-electron chi connectivity index (χ4n) is 2.06. The molecule has 0 spiro atoms. The molecule has 6 nitrogen and oxygen atoms in total. The van der Waals surface area contributed by atoms with E-state index in [2.05, 4.69) is 29.4 Å². The predicted molar refractivity (Wildman–Crippen MR) is 71.6 cm³/mol. The molecule has 0 saturated heterocycles. The number of nitrogens with one attached hydrogen (secondary N) is 2. The zero-order valence-corrected chi connectivity index (χ0v) is 12.0. The van der Waals surface area contributed by atoms with Gasteiger partial charge in [0.15, 0.2) is 15.5 Å². The highest BCUT2D eigenvalue weighted by atomic mass is 32.2. The van der Waals surface area contributed by atoms with E-state index >= 15 is 0 Å². The Kier molecular flexibility index (Phi) is 3.93. The summed E-state index contributed by atoms with van der Waals surface area (Å²) in [6.07, 6.45) is 1.29. The van der Waals surface area contributed by atoms with Crippen molar-refractivity contribution in [1.29, 1.82) is 0 Å². The lowest BCUT2D eigenvalue weighted by Crippen LogP contribution is -2.28. The number of aromatic nitrogens is 2. The third-order valence-corrected chi connectivity index (χ3v) is 4.76. The molecule has 1 aliphatic rings. The maximum absolute atomic E-state index is 12.0. The number of carbonyl (C=O) groups is 1. The number of hydrogen-bond donors (Lipinski definition) is 2. The molecule has 0 bridgehead atoms. The quantitative estimate of drug-likeness (QED) is 0.850. The van der Waals surface area contributed by atoms with Gasteiger partial charge >= 0.3 is 0 Å². The van der Waals surface area contributed by atoms with Crippen molar-refractivity contribution in [2.75, 3.05) is 12.3 Å². The van der Waals surface area contributed by atoms with Gasteiger partial charge in [-0.3, -0.25) is 9.89 Å². The second-order valence-corrected chi connectivity index (χ2v) is 7.49. The second kappa shape index (κ2) is 5.32. The number of sulfone groups is 1. The van der Waals surface area contributed by atoms with E-state index in [0.717, 1.165) is 12.1 Å². The summed E-state index contributed by atoms with van der Waals surface area (Å²) in [5, 5.41) is 9.51. The van der Waals surface area contributed by atoms with Gasteiger partial charge in [0, 0.05) is 24.2 Å². The van der Waals surface area contributed by atoms with Gasteiger partial charge in [-0.15, -0.1) is 0 Å². The normalized spacial score (nSPS) is 17.2. The molecular weight excluding hydrogens is 266 g/mol. The molecule has 0 aromatic carbocycles.